The monoisotopic (exact) mass is 563 g/mol. The molecule has 196 valence electrons. The molecule has 1 atom stereocenters. The van der Waals surface area contributed by atoms with Crippen LogP contribution < -0.4 is 10.6 Å². The number of halogens is 2. The van der Waals surface area contributed by atoms with Gasteiger partial charge in [0.25, 0.3) is 5.91 Å². The van der Waals surface area contributed by atoms with E-state index in [1.54, 1.807) is 47.4 Å². The van der Waals surface area contributed by atoms with Crippen molar-refractivity contribution in [2.24, 2.45) is 5.92 Å². The number of aliphatic carboxylic acids is 1. The van der Waals surface area contributed by atoms with E-state index in [0.29, 0.717) is 47.1 Å². The number of carbonyl (C=O) groups is 4. The minimum Gasteiger partial charge on any atom is -0.480 e. The van der Waals surface area contributed by atoms with Gasteiger partial charge in [-0.15, -0.1) is 11.8 Å². The highest BCUT2D eigenvalue weighted by Crippen LogP contribution is 2.35. The van der Waals surface area contributed by atoms with Gasteiger partial charge in [-0.2, -0.15) is 0 Å². The molecule has 2 aromatic carbocycles. The molecule has 0 unspecified atom stereocenters. The molecule has 0 saturated carbocycles. The predicted octanol–water partition coefficient (Wildman–Crippen LogP) is 3.97. The molecule has 1 fully saturated rings. The Bertz CT molecular complexity index is 1180. The second-order valence-electron chi connectivity index (χ2n) is 8.39. The maximum Gasteiger partial charge on any atom is 0.328 e. The first-order valence-electron chi connectivity index (χ1n) is 11.6. The molecule has 8 nitrogen and oxygen atoms in total. The van der Waals surface area contributed by atoms with Crippen molar-refractivity contribution in [1.29, 1.82) is 0 Å². The third-order valence-electron chi connectivity index (χ3n) is 6.00. The van der Waals surface area contributed by atoms with Crippen molar-refractivity contribution in [3.63, 3.8) is 0 Å². The minimum atomic E-state index is -1.27. The summed E-state index contributed by atoms with van der Waals surface area (Å²) in [6.45, 7) is 0.453. The highest BCUT2D eigenvalue weighted by molar-refractivity contribution is 7.98. The lowest BCUT2D eigenvalue weighted by Crippen LogP contribution is -2.51. The summed E-state index contributed by atoms with van der Waals surface area (Å²) >= 11 is 14.0. The van der Waals surface area contributed by atoms with E-state index < -0.39 is 29.7 Å². The molecular weight excluding hydrogens is 537 g/mol. The van der Waals surface area contributed by atoms with Gasteiger partial charge in [-0.25, -0.2) is 4.79 Å². The SMILES string of the molecule is CSc1ccc(/C=C/C(=O)N2CCC(C(=O)N[C@@H](CNC(=O)c3ccccc3)C(=O)O)CC2)c(Cl)c1Cl. The van der Waals surface area contributed by atoms with E-state index in [1.807, 2.05) is 12.3 Å². The van der Waals surface area contributed by atoms with Crippen molar-refractivity contribution >= 4 is 64.7 Å². The van der Waals surface area contributed by atoms with Gasteiger partial charge >= 0.3 is 5.97 Å². The normalized spacial score (nSPS) is 14.8. The maximum absolute atomic E-state index is 12.7. The van der Waals surface area contributed by atoms with Crippen LogP contribution in [0.15, 0.2) is 53.4 Å². The number of benzene rings is 2. The third-order valence-corrected chi connectivity index (χ3v) is 7.79. The molecule has 0 aromatic heterocycles. The number of likely N-dealkylation sites (tertiary alicyclic amines) is 1. The van der Waals surface area contributed by atoms with E-state index in [4.69, 9.17) is 23.2 Å². The van der Waals surface area contributed by atoms with Crippen molar-refractivity contribution in [2.45, 2.75) is 23.8 Å². The van der Waals surface area contributed by atoms with Crippen molar-refractivity contribution in [3.8, 4) is 0 Å². The van der Waals surface area contributed by atoms with Gasteiger partial charge in [-0.3, -0.25) is 14.4 Å². The molecular formula is C26H27Cl2N3O5S. The minimum absolute atomic E-state index is 0.216. The summed E-state index contributed by atoms with van der Waals surface area (Å²) in [6.07, 6.45) is 5.71. The van der Waals surface area contributed by atoms with E-state index in [2.05, 4.69) is 10.6 Å². The second kappa shape index (κ2) is 13.5. The van der Waals surface area contributed by atoms with Crippen LogP contribution >= 0.6 is 35.0 Å². The zero-order valence-corrected chi connectivity index (χ0v) is 22.4. The van der Waals surface area contributed by atoms with Crippen LogP contribution in [0.3, 0.4) is 0 Å². The molecule has 37 heavy (non-hydrogen) atoms. The lowest BCUT2D eigenvalue weighted by molar-refractivity contribution is -0.142. The standard InChI is InChI=1S/C26H27Cl2N3O5S/c1-37-20-9-7-16(22(27)23(20)28)8-10-21(32)31-13-11-18(12-14-31)25(34)30-19(26(35)36)15-29-24(33)17-5-3-2-4-6-17/h2-10,18-19H,11-15H2,1H3,(H,29,33)(H,30,34)(H,35,36)/b10-8+/t19-/m0/s1. The highest BCUT2D eigenvalue weighted by atomic mass is 35.5. The fourth-order valence-corrected chi connectivity index (χ4v) is 5.01. The summed E-state index contributed by atoms with van der Waals surface area (Å²) in [4.78, 5) is 51.6. The van der Waals surface area contributed by atoms with Crippen LogP contribution in [0.4, 0.5) is 0 Å². The van der Waals surface area contributed by atoms with Crippen LogP contribution in [0.2, 0.25) is 10.0 Å². The van der Waals surface area contributed by atoms with Crippen molar-refractivity contribution in [3.05, 3.63) is 69.7 Å². The zero-order valence-electron chi connectivity index (χ0n) is 20.1. The molecule has 0 bridgehead atoms. The first kappa shape index (κ1) is 28.6. The fourth-order valence-electron chi connectivity index (χ4n) is 3.84. The second-order valence-corrected chi connectivity index (χ2v) is 10.00. The molecule has 2 aromatic rings. The number of nitrogens with one attached hydrogen (secondary N) is 2. The number of hydrogen-bond acceptors (Lipinski definition) is 5. The smallest absolute Gasteiger partial charge is 0.328 e. The van der Waals surface area contributed by atoms with Crippen LogP contribution in [0.5, 0.6) is 0 Å². The number of piperidine rings is 1. The molecule has 0 spiro atoms. The van der Waals surface area contributed by atoms with Gasteiger partial charge in [0, 0.05) is 42.1 Å². The largest absolute Gasteiger partial charge is 0.480 e. The van der Waals surface area contributed by atoms with E-state index in [1.165, 1.54) is 17.8 Å². The Morgan fingerprint density at radius 1 is 1.08 bits per heavy atom. The van der Waals surface area contributed by atoms with Crippen molar-refractivity contribution < 1.29 is 24.3 Å². The summed E-state index contributed by atoms with van der Waals surface area (Å²) in [7, 11) is 0. The van der Waals surface area contributed by atoms with Crippen LogP contribution in [-0.4, -0.2) is 65.6 Å². The Morgan fingerprint density at radius 3 is 2.38 bits per heavy atom. The predicted molar refractivity (Wildman–Crippen MR) is 145 cm³/mol. The Kier molecular flexibility index (Phi) is 10.4. The summed E-state index contributed by atoms with van der Waals surface area (Å²) in [6, 6.07) is 10.8. The quantitative estimate of drug-likeness (QED) is 0.314. The van der Waals surface area contributed by atoms with Crippen molar-refractivity contribution in [1.82, 2.24) is 15.5 Å². The Labute approximate surface area is 229 Å². The van der Waals surface area contributed by atoms with Crippen LogP contribution in [-0.2, 0) is 14.4 Å². The summed E-state index contributed by atoms with van der Waals surface area (Å²) in [5.74, 6) is -2.74. The molecule has 3 amide bonds. The summed E-state index contributed by atoms with van der Waals surface area (Å²) in [5, 5.41) is 15.4. The number of carbonyl (C=O) groups excluding carboxylic acids is 3. The molecule has 11 heteroatoms. The molecule has 1 heterocycles. The number of nitrogens with zero attached hydrogens (tertiary/aromatic N) is 1. The number of amides is 3. The van der Waals surface area contributed by atoms with Crippen LogP contribution in [0, 0.1) is 5.92 Å². The van der Waals surface area contributed by atoms with E-state index in [-0.39, 0.29) is 12.5 Å². The van der Waals surface area contributed by atoms with Crippen molar-refractivity contribution in [2.75, 3.05) is 25.9 Å². The summed E-state index contributed by atoms with van der Waals surface area (Å²) < 4.78 is 0. The van der Waals surface area contributed by atoms with Gasteiger partial charge in [0.15, 0.2) is 0 Å². The first-order chi connectivity index (χ1) is 17.7. The van der Waals surface area contributed by atoms with E-state index >= 15 is 0 Å². The van der Waals surface area contributed by atoms with Gasteiger partial charge in [0.2, 0.25) is 11.8 Å². The molecule has 1 aliphatic rings. The average molecular weight is 564 g/mol. The van der Waals surface area contributed by atoms with Crippen LogP contribution in [0.1, 0.15) is 28.8 Å². The molecule has 1 saturated heterocycles. The Hall–Kier alpha value is -3.01. The van der Waals surface area contributed by atoms with Gasteiger partial charge in [0.05, 0.1) is 10.0 Å². The number of thioether (sulfide) groups is 1. The average Bonchev–Trinajstić information content (AvgIpc) is 2.91. The lowest BCUT2D eigenvalue weighted by atomic mass is 9.95. The molecule has 3 N–H and O–H groups in total. The van der Waals surface area contributed by atoms with Gasteiger partial charge in [-0.05, 0) is 48.9 Å². The molecule has 1 aliphatic heterocycles. The Balaban J connectivity index is 1.50. The number of rotatable bonds is 9. The van der Waals surface area contributed by atoms with Gasteiger partial charge in [-0.1, -0.05) is 47.5 Å². The topological polar surface area (TPSA) is 116 Å². The number of carboxylic acid groups (broad SMARTS) is 1. The van der Waals surface area contributed by atoms with E-state index in [0.717, 1.165) is 4.90 Å². The fraction of sp³-hybridized carbons (Fsp3) is 0.308. The Morgan fingerprint density at radius 2 is 1.76 bits per heavy atom. The van der Waals surface area contributed by atoms with Gasteiger partial charge < -0.3 is 20.6 Å². The summed E-state index contributed by atoms with van der Waals surface area (Å²) in [5.41, 5.74) is 1.03. The first-order valence-corrected chi connectivity index (χ1v) is 13.5. The third kappa shape index (κ3) is 7.74. The molecule has 3 rings (SSSR count). The number of carboxylic acids is 1. The van der Waals surface area contributed by atoms with Gasteiger partial charge in [0.1, 0.15) is 6.04 Å². The van der Waals surface area contributed by atoms with Crippen LogP contribution in [0.25, 0.3) is 6.08 Å². The number of hydrogen-bond donors (Lipinski definition) is 3. The molecule has 0 radical (unpaired) electrons. The zero-order chi connectivity index (χ0) is 26.9. The maximum atomic E-state index is 12.7. The van der Waals surface area contributed by atoms with E-state index in [9.17, 15) is 24.3 Å². The molecule has 0 aliphatic carbocycles. The lowest BCUT2D eigenvalue weighted by Gasteiger charge is -2.31. The highest BCUT2D eigenvalue weighted by Gasteiger charge is 2.30.